The molecule has 1 atom stereocenters. The molecular weight excluding hydrogens is 413 g/mol. The molecule has 0 saturated carbocycles. The summed E-state index contributed by atoms with van der Waals surface area (Å²) in [5.74, 6) is 0.988. The Morgan fingerprint density at radius 3 is 2.44 bits per heavy atom. The van der Waals surface area contributed by atoms with Crippen LogP contribution in [0.4, 0.5) is 5.69 Å². The second kappa shape index (κ2) is 11.2. The van der Waals surface area contributed by atoms with Crippen LogP contribution in [0.1, 0.15) is 12.8 Å². The summed E-state index contributed by atoms with van der Waals surface area (Å²) in [5.41, 5.74) is 1.01. The van der Waals surface area contributed by atoms with E-state index in [0.717, 1.165) is 50.6 Å². The quantitative estimate of drug-likeness (QED) is 0.735. The van der Waals surface area contributed by atoms with Gasteiger partial charge in [0.2, 0.25) is 5.91 Å². The third kappa shape index (κ3) is 6.29. The molecule has 2 heterocycles. The van der Waals surface area contributed by atoms with Crippen LogP contribution < -0.4 is 9.64 Å². The van der Waals surface area contributed by atoms with Crippen molar-refractivity contribution < 1.29 is 14.6 Å². The number of anilines is 1. The Labute approximate surface area is 178 Å². The number of hydrogen-bond donors (Lipinski definition) is 1. The second-order valence-electron chi connectivity index (χ2n) is 6.70. The van der Waals surface area contributed by atoms with Gasteiger partial charge in [-0.1, -0.05) is 11.6 Å². The SMILES string of the molecule is COc1ccc(Cl)cc1N1CCN(CC(O)CN2CCCC2=O)CC1.Cl.Cl. The first kappa shape index (κ1) is 24.1. The Morgan fingerprint density at radius 2 is 1.85 bits per heavy atom. The summed E-state index contributed by atoms with van der Waals surface area (Å²) >= 11 is 6.13. The van der Waals surface area contributed by atoms with E-state index in [1.54, 1.807) is 12.0 Å². The summed E-state index contributed by atoms with van der Waals surface area (Å²) in [6.07, 6.45) is 1.03. The van der Waals surface area contributed by atoms with Gasteiger partial charge in [-0.15, -0.1) is 24.8 Å². The highest BCUT2D eigenvalue weighted by molar-refractivity contribution is 6.30. The predicted molar refractivity (Wildman–Crippen MR) is 113 cm³/mol. The van der Waals surface area contributed by atoms with Crippen LogP contribution >= 0.6 is 36.4 Å². The number of piperazine rings is 1. The Hall–Kier alpha value is -0.920. The molecule has 3 rings (SSSR count). The molecule has 1 aromatic carbocycles. The van der Waals surface area contributed by atoms with Gasteiger partial charge in [0.15, 0.2) is 0 Å². The molecule has 6 nitrogen and oxygen atoms in total. The molecule has 2 aliphatic heterocycles. The molecule has 1 aromatic rings. The van der Waals surface area contributed by atoms with Crippen molar-refractivity contribution in [2.24, 2.45) is 0 Å². The van der Waals surface area contributed by atoms with E-state index in [4.69, 9.17) is 16.3 Å². The Kier molecular flexibility index (Phi) is 9.98. The molecule has 9 heteroatoms. The van der Waals surface area contributed by atoms with Gasteiger partial charge in [0.1, 0.15) is 5.75 Å². The van der Waals surface area contributed by atoms with E-state index in [2.05, 4.69) is 9.80 Å². The molecule has 0 radical (unpaired) electrons. The minimum Gasteiger partial charge on any atom is -0.495 e. The smallest absolute Gasteiger partial charge is 0.222 e. The van der Waals surface area contributed by atoms with Crippen LogP contribution in [-0.2, 0) is 4.79 Å². The van der Waals surface area contributed by atoms with Crippen LogP contribution in [0.25, 0.3) is 0 Å². The van der Waals surface area contributed by atoms with E-state index < -0.39 is 6.10 Å². The average Bonchev–Trinajstić information content (AvgIpc) is 3.00. The molecule has 154 valence electrons. The number of amides is 1. The molecule has 2 saturated heterocycles. The molecule has 0 bridgehead atoms. The molecule has 27 heavy (non-hydrogen) atoms. The molecular formula is C18H28Cl3N3O3. The number of nitrogens with zero attached hydrogens (tertiary/aromatic N) is 3. The number of aliphatic hydroxyl groups is 1. The summed E-state index contributed by atoms with van der Waals surface area (Å²) in [4.78, 5) is 17.9. The number of aliphatic hydroxyl groups excluding tert-OH is 1. The standard InChI is InChI=1S/C18H26ClN3O3.2ClH/c1-25-17-5-4-14(19)11-16(17)21-9-7-20(8-10-21)12-15(23)13-22-6-2-3-18(22)24;;/h4-5,11,15,23H,2-3,6-10,12-13H2,1H3;2*1H. The van der Waals surface area contributed by atoms with E-state index in [9.17, 15) is 9.90 Å². The van der Waals surface area contributed by atoms with Gasteiger partial charge < -0.3 is 19.6 Å². The van der Waals surface area contributed by atoms with Gasteiger partial charge in [-0.3, -0.25) is 9.69 Å². The maximum atomic E-state index is 11.7. The van der Waals surface area contributed by atoms with Gasteiger partial charge >= 0.3 is 0 Å². The summed E-state index contributed by atoms with van der Waals surface area (Å²) < 4.78 is 5.44. The van der Waals surface area contributed by atoms with Crippen molar-refractivity contribution in [1.82, 2.24) is 9.80 Å². The number of halogens is 3. The molecule has 0 spiro atoms. The van der Waals surface area contributed by atoms with Crippen molar-refractivity contribution >= 4 is 48.0 Å². The summed E-state index contributed by atoms with van der Waals surface area (Å²) in [6, 6.07) is 5.65. The fourth-order valence-corrected chi connectivity index (χ4v) is 3.76. The number of ether oxygens (including phenoxy) is 1. The number of carbonyl (C=O) groups is 1. The molecule has 1 unspecified atom stereocenters. The summed E-state index contributed by atoms with van der Waals surface area (Å²) in [7, 11) is 1.67. The van der Waals surface area contributed by atoms with Crippen molar-refractivity contribution in [2.45, 2.75) is 18.9 Å². The van der Waals surface area contributed by atoms with Crippen molar-refractivity contribution in [3.63, 3.8) is 0 Å². The Balaban J connectivity index is 0.00000182. The normalized spacial score (nSPS) is 18.7. The van der Waals surface area contributed by atoms with Crippen LogP contribution in [0.5, 0.6) is 5.75 Å². The zero-order valence-corrected chi connectivity index (χ0v) is 17.9. The van der Waals surface area contributed by atoms with E-state index in [1.165, 1.54) is 0 Å². The highest BCUT2D eigenvalue weighted by Gasteiger charge is 2.25. The summed E-state index contributed by atoms with van der Waals surface area (Å²) in [5, 5.41) is 11.0. The number of β-amino-alcohol motifs (C(OH)–C–C–N with tert-alkyl or cyclic N) is 1. The number of rotatable bonds is 6. The topological polar surface area (TPSA) is 56.2 Å². The van der Waals surface area contributed by atoms with Crippen LogP contribution in [0, 0.1) is 0 Å². The number of hydrogen-bond acceptors (Lipinski definition) is 5. The molecule has 1 amide bonds. The van der Waals surface area contributed by atoms with Crippen molar-refractivity contribution in [2.75, 3.05) is 57.8 Å². The number of benzene rings is 1. The average molecular weight is 441 g/mol. The van der Waals surface area contributed by atoms with Gasteiger partial charge in [0, 0.05) is 57.3 Å². The zero-order chi connectivity index (χ0) is 17.8. The predicted octanol–water partition coefficient (Wildman–Crippen LogP) is 2.30. The third-order valence-electron chi connectivity index (χ3n) is 4.93. The number of likely N-dealkylation sites (tertiary alicyclic amines) is 1. The lowest BCUT2D eigenvalue weighted by Crippen LogP contribution is -2.50. The first-order chi connectivity index (χ1) is 12.1. The van der Waals surface area contributed by atoms with Crippen LogP contribution in [0.3, 0.4) is 0 Å². The van der Waals surface area contributed by atoms with Gasteiger partial charge in [-0.25, -0.2) is 0 Å². The van der Waals surface area contributed by atoms with Gasteiger partial charge in [-0.05, 0) is 24.6 Å². The first-order valence-electron chi connectivity index (χ1n) is 8.83. The van der Waals surface area contributed by atoms with E-state index in [-0.39, 0.29) is 30.7 Å². The number of methoxy groups -OCH3 is 1. The van der Waals surface area contributed by atoms with Crippen molar-refractivity contribution in [3.05, 3.63) is 23.2 Å². The van der Waals surface area contributed by atoms with Crippen LogP contribution in [0.2, 0.25) is 5.02 Å². The lowest BCUT2D eigenvalue weighted by molar-refractivity contribution is -0.129. The fourth-order valence-electron chi connectivity index (χ4n) is 3.59. The molecule has 0 aliphatic carbocycles. The van der Waals surface area contributed by atoms with E-state index in [1.807, 2.05) is 18.2 Å². The van der Waals surface area contributed by atoms with Gasteiger partial charge in [0.25, 0.3) is 0 Å². The fraction of sp³-hybridized carbons (Fsp3) is 0.611. The third-order valence-corrected chi connectivity index (χ3v) is 5.16. The molecule has 2 aliphatic rings. The maximum absolute atomic E-state index is 11.7. The van der Waals surface area contributed by atoms with Gasteiger partial charge in [-0.2, -0.15) is 0 Å². The largest absolute Gasteiger partial charge is 0.495 e. The van der Waals surface area contributed by atoms with Crippen molar-refractivity contribution in [3.8, 4) is 5.75 Å². The van der Waals surface area contributed by atoms with Crippen LogP contribution in [-0.4, -0.2) is 79.8 Å². The highest BCUT2D eigenvalue weighted by atomic mass is 35.5. The molecule has 1 N–H and O–H groups in total. The first-order valence-corrected chi connectivity index (χ1v) is 9.21. The second-order valence-corrected chi connectivity index (χ2v) is 7.14. The monoisotopic (exact) mass is 439 g/mol. The maximum Gasteiger partial charge on any atom is 0.222 e. The minimum absolute atomic E-state index is 0. The zero-order valence-electron chi connectivity index (χ0n) is 15.5. The lowest BCUT2D eigenvalue weighted by atomic mass is 10.2. The molecule has 0 aromatic heterocycles. The molecule has 2 fully saturated rings. The summed E-state index contributed by atoms with van der Waals surface area (Å²) in [6.45, 7) is 5.25. The Morgan fingerprint density at radius 1 is 1.15 bits per heavy atom. The number of carbonyl (C=O) groups excluding carboxylic acids is 1. The lowest BCUT2D eigenvalue weighted by Gasteiger charge is -2.37. The minimum atomic E-state index is -0.491. The highest BCUT2D eigenvalue weighted by Crippen LogP contribution is 2.31. The Bertz CT molecular complexity index is 613. The van der Waals surface area contributed by atoms with Gasteiger partial charge in [0.05, 0.1) is 18.9 Å². The van der Waals surface area contributed by atoms with E-state index >= 15 is 0 Å². The van der Waals surface area contributed by atoms with Crippen LogP contribution in [0.15, 0.2) is 18.2 Å². The van der Waals surface area contributed by atoms with E-state index in [0.29, 0.717) is 24.5 Å². The van der Waals surface area contributed by atoms with Crippen molar-refractivity contribution in [1.29, 1.82) is 0 Å².